The van der Waals surface area contributed by atoms with Gasteiger partial charge >= 0.3 is 0 Å². The highest BCUT2D eigenvalue weighted by Crippen LogP contribution is 2.28. The fourth-order valence-corrected chi connectivity index (χ4v) is 7.64. The summed E-state index contributed by atoms with van der Waals surface area (Å²) in [6.45, 7) is -0.526. The van der Waals surface area contributed by atoms with Crippen LogP contribution in [0.25, 0.3) is 0 Å². The molecule has 11 heteroatoms. The second-order valence-electron chi connectivity index (χ2n) is 11.9. The number of nitrogens with zero attached hydrogens (tertiary/aromatic N) is 2. The SMILES string of the molecule is COc1ccc(S(=O)(=O)N(CC(=O)N(Cc2ccc(Cl)cc2)[C@H](Cc2ccccc2)C(=O)NC2CCCCC2)c2cccc(Cl)c2)cc1. The number of amides is 2. The lowest BCUT2D eigenvalue weighted by molar-refractivity contribution is -0.140. The standard InChI is InChI=1S/C37H39Cl2N3O5S/c1-47-33-19-21-34(22-20-33)48(45,46)42(32-14-8-11-30(39)24-32)26-36(43)41(25-28-15-17-29(38)18-16-28)35(23-27-9-4-2-5-10-27)37(44)40-31-12-6-3-7-13-31/h2,4-5,8-11,14-22,24,31,35H,3,6-7,12-13,23,25-26H2,1H3,(H,40,44)/t35-/m1/s1. The molecular weight excluding hydrogens is 669 g/mol. The zero-order valence-electron chi connectivity index (χ0n) is 26.7. The number of ether oxygens (including phenoxy) is 1. The summed E-state index contributed by atoms with van der Waals surface area (Å²) >= 11 is 12.5. The van der Waals surface area contributed by atoms with E-state index in [1.807, 2.05) is 30.3 Å². The summed E-state index contributed by atoms with van der Waals surface area (Å²) in [4.78, 5) is 30.3. The van der Waals surface area contributed by atoms with E-state index in [2.05, 4.69) is 5.32 Å². The van der Waals surface area contributed by atoms with Crippen molar-refractivity contribution in [3.63, 3.8) is 0 Å². The summed E-state index contributed by atoms with van der Waals surface area (Å²) in [5, 5.41) is 4.05. The van der Waals surface area contributed by atoms with Gasteiger partial charge in [0.25, 0.3) is 10.0 Å². The highest BCUT2D eigenvalue weighted by Gasteiger charge is 2.35. The summed E-state index contributed by atoms with van der Waals surface area (Å²) in [7, 11) is -2.78. The van der Waals surface area contributed by atoms with Crippen LogP contribution in [0.15, 0.2) is 108 Å². The summed E-state index contributed by atoms with van der Waals surface area (Å²) in [5.41, 5.74) is 1.82. The van der Waals surface area contributed by atoms with Crippen molar-refractivity contribution in [2.75, 3.05) is 18.0 Å². The van der Waals surface area contributed by atoms with Crippen LogP contribution in [0.5, 0.6) is 5.75 Å². The van der Waals surface area contributed by atoms with Crippen molar-refractivity contribution < 1.29 is 22.7 Å². The van der Waals surface area contributed by atoms with Crippen LogP contribution >= 0.6 is 23.2 Å². The number of nitrogens with one attached hydrogen (secondary N) is 1. The molecule has 0 aliphatic heterocycles. The zero-order valence-corrected chi connectivity index (χ0v) is 29.1. The molecule has 5 rings (SSSR count). The van der Waals surface area contributed by atoms with Crippen molar-refractivity contribution in [2.24, 2.45) is 0 Å². The monoisotopic (exact) mass is 707 g/mol. The number of carbonyl (C=O) groups excluding carboxylic acids is 2. The molecule has 4 aromatic rings. The molecule has 48 heavy (non-hydrogen) atoms. The van der Waals surface area contributed by atoms with Crippen molar-refractivity contribution in [1.29, 1.82) is 0 Å². The Balaban J connectivity index is 1.56. The van der Waals surface area contributed by atoms with Crippen molar-refractivity contribution in [3.05, 3.63) is 124 Å². The number of hydrogen-bond donors (Lipinski definition) is 1. The first kappa shape index (κ1) is 35.3. The van der Waals surface area contributed by atoms with Gasteiger partial charge in [-0.3, -0.25) is 13.9 Å². The first-order chi connectivity index (χ1) is 23.1. The first-order valence-electron chi connectivity index (χ1n) is 15.9. The molecule has 1 aliphatic rings. The summed E-state index contributed by atoms with van der Waals surface area (Å²) in [6.07, 6.45) is 5.17. The fourth-order valence-electron chi connectivity index (χ4n) is 5.92. The summed E-state index contributed by atoms with van der Waals surface area (Å²) in [5.74, 6) is -0.344. The molecule has 8 nitrogen and oxygen atoms in total. The van der Waals surface area contributed by atoms with Crippen molar-refractivity contribution >= 4 is 50.7 Å². The van der Waals surface area contributed by atoms with Crippen LogP contribution < -0.4 is 14.4 Å². The Morgan fingerprint density at radius 3 is 2.17 bits per heavy atom. The molecule has 1 aliphatic carbocycles. The number of rotatable bonds is 13. The smallest absolute Gasteiger partial charge is 0.264 e. The average molecular weight is 709 g/mol. The number of benzene rings is 4. The highest BCUT2D eigenvalue weighted by molar-refractivity contribution is 7.92. The Labute approximate surface area is 292 Å². The van der Waals surface area contributed by atoms with E-state index in [9.17, 15) is 18.0 Å². The third-order valence-electron chi connectivity index (χ3n) is 8.51. The molecule has 1 saturated carbocycles. The maximum absolute atomic E-state index is 14.7. The number of hydrogen-bond acceptors (Lipinski definition) is 5. The van der Waals surface area contributed by atoms with Gasteiger partial charge in [0.2, 0.25) is 11.8 Å². The Bertz CT molecular complexity index is 1780. The molecule has 1 fully saturated rings. The van der Waals surface area contributed by atoms with Gasteiger partial charge in [0, 0.05) is 29.1 Å². The molecule has 0 heterocycles. The topological polar surface area (TPSA) is 96.0 Å². The van der Waals surface area contributed by atoms with E-state index < -0.39 is 28.5 Å². The Morgan fingerprint density at radius 2 is 1.52 bits per heavy atom. The minimum absolute atomic E-state index is 0.00964. The lowest BCUT2D eigenvalue weighted by Gasteiger charge is -2.35. The molecule has 0 bridgehead atoms. The minimum atomic E-state index is -4.28. The van der Waals surface area contributed by atoms with Crippen LogP contribution in [0.4, 0.5) is 5.69 Å². The maximum Gasteiger partial charge on any atom is 0.264 e. The Kier molecular flexibility index (Phi) is 12.0. The van der Waals surface area contributed by atoms with E-state index >= 15 is 0 Å². The van der Waals surface area contributed by atoms with Crippen LogP contribution in [0.3, 0.4) is 0 Å². The normalized spacial score (nSPS) is 14.1. The van der Waals surface area contributed by atoms with Gasteiger partial charge in [-0.2, -0.15) is 0 Å². The largest absolute Gasteiger partial charge is 0.497 e. The third kappa shape index (κ3) is 9.09. The molecule has 0 aromatic heterocycles. The zero-order chi connectivity index (χ0) is 34.1. The van der Waals surface area contributed by atoms with E-state index in [4.69, 9.17) is 27.9 Å². The molecule has 0 saturated heterocycles. The van der Waals surface area contributed by atoms with Crippen molar-refractivity contribution in [3.8, 4) is 5.75 Å². The highest BCUT2D eigenvalue weighted by atomic mass is 35.5. The number of sulfonamides is 1. The molecular formula is C37H39Cl2N3O5S. The Morgan fingerprint density at radius 1 is 0.833 bits per heavy atom. The van der Waals surface area contributed by atoms with Gasteiger partial charge in [-0.05, 0) is 78.6 Å². The van der Waals surface area contributed by atoms with Gasteiger partial charge in [-0.1, -0.05) is 91.0 Å². The molecule has 1 atom stereocenters. The number of carbonyl (C=O) groups is 2. The van der Waals surface area contributed by atoms with Gasteiger partial charge in [0.15, 0.2) is 0 Å². The van der Waals surface area contributed by atoms with Gasteiger partial charge in [-0.15, -0.1) is 0 Å². The van der Waals surface area contributed by atoms with Crippen LogP contribution in [0.2, 0.25) is 10.0 Å². The summed E-state index contributed by atoms with van der Waals surface area (Å²) < 4.78 is 34.7. The molecule has 0 unspecified atom stereocenters. The van der Waals surface area contributed by atoms with E-state index in [0.717, 1.165) is 47.5 Å². The van der Waals surface area contributed by atoms with Gasteiger partial charge < -0.3 is 15.0 Å². The number of methoxy groups -OCH3 is 1. The molecule has 252 valence electrons. The minimum Gasteiger partial charge on any atom is -0.497 e. The van der Waals surface area contributed by atoms with E-state index in [0.29, 0.717) is 15.8 Å². The van der Waals surface area contributed by atoms with Crippen LogP contribution in [-0.4, -0.2) is 50.9 Å². The van der Waals surface area contributed by atoms with Crippen molar-refractivity contribution in [2.45, 2.75) is 62.0 Å². The van der Waals surface area contributed by atoms with Crippen molar-refractivity contribution in [1.82, 2.24) is 10.2 Å². The summed E-state index contributed by atoms with van der Waals surface area (Å²) in [6, 6.07) is 27.9. The third-order valence-corrected chi connectivity index (χ3v) is 10.8. The second-order valence-corrected chi connectivity index (χ2v) is 14.6. The lowest BCUT2D eigenvalue weighted by Crippen LogP contribution is -2.55. The van der Waals surface area contributed by atoms with Gasteiger partial charge in [0.1, 0.15) is 18.3 Å². The van der Waals surface area contributed by atoms with E-state index in [1.54, 1.807) is 54.6 Å². The number of anilines is 1. The van der Waals surface area contributed by atoms with Gasteiger partial charge in [-0.25, -0.2) is 8.42 Å². The quantitative estimate of drug-likeness (QED) is 0.158. The van der Waals surface area contributed by atoms with E-state index in [-0.39, 0.29) is 35.5 Å². The van der Waals surface area contributed by atoms with Crippen LogP contribution in [-0.2, 0) is 32.6 Å². The van der Waals surface area contributed by atoms with Crippen LogP contribution in [0.1, 0.15) is 43.2 Å². The van der Waals surface area contributed by atoms with E-state index in [1.165, 1.54) is 30.2 Å². The molecule has 4 aromatic carbocycles. The Hall–Kier alpha value is -4.05. The second kappa shape index (κ2) is 16.4. The lowest BCUT2D eigenvalue weighted by atomic mass is 9.94. The molecule has 0 radical (unpaired) electrons. The first-order valence-corrected chi connectivity index (χ1v) is 18.1. The van der Waals surface area contributed by atoms with Crippen LogP contribution in [0, 0.1) is 0 Å². The predicted molar refractivity (Wildman–Crippen MR) is 190 cm³/mol. The maximum atomic E-state index is 14.7. The predicted octanol–water partition coefficient (Wildman–Crippen LogP) is 7.29. The average Bonchev–Trinajstić information content (AvgIpc) is 3.10. The molecule has 0 spiro atoms. The molecule has 2 amide bonds. The number of halogens is 2. The van der Waals surface area contributed by atoms with Gasteiger partial charge in [0.05, 0.1) is 17.7 Å². The molecule has 1 N–H and O–H groups in total. The fraction of sp³-hybridized carbons (Fsp3) is 0.297.